The lowest BCUT2D eigenvalue weighted by molar-refractivity contribution is -0.204. The molecule has 3 aliphatic rings. The average molecular weight is 290 g/mol. The molecule has 20 heavy (non-hydrogen) atoms. The number of carbonyl (C=O) groups is 1. The maximum Gasteiger partial charge on any atom is 0.411 e. The lowest BCUT2D eigenvalue weighted by Crippen LogP contribution is -2.55. The van der Waals surface area contributed by atoms with Gasteiger partial charge in [0.15, 0.2) is 0 Å². The number of hydrogen-bond donors (Lipinski definition) is 1. The van der Waals surface area contributed by atoms with Crippen LogP contribution in [0.4, 0.5) is 13.2 Å². The van der Waals surface area contributed by atoms with Gasteiger partial charge in [-0.25, -0.2) is 0 Å². The van der Waals surface area contributed by atoms with E-state index < -0.39 is 23.4 Å². The van der Waals surface area contributed by atoms with Crippen molar-refractivity contribution in [2.24, 2.45) is 5.92 Å². The van der Waals surface area contributed by atoms with Crippen LogP contribution in [0.15, 0.2) is 0 Å². The first-order chi connectivity index (χ1) is 9.24. The van der Waals surface area contributed by atoms with Crippen LogP contribution < -0.4 is 5.32 Å². The molecule has 3 rings (SSSR count). The van der Waals surface area contributed by atoms with Gasteiger partial charge in [0.25, 0.3) is 0 Å². The zero-order valence-electron chi connectivity index (χ0n) is 11.9. The first-order valence-corrected chi connectivity index (χ1v) is 7.42. The van der Waals surface area contributed by atoms with E-state index in [0.29, 0.717) is 12.8 Å². The molecule has 1 unspecified atom stereocenters. The molecule has 1 saturated heterocycles. The van der Waals surface area contributed by atoms with E-state index in [-0.39, 0.29) is 24.7 Å². The van der Waals surface area contributed by atoms with Crippen molar-refractivity contribution in [1.29, 1.82) is 0 Å². The van der Waals surface area contributed by atoms with Gasteiger partial charge in [-0.05, 0) is 31.6 Å². The Morgan fingerprint density at radius 2 is 1.75 bits per heavy atom. The molecular formula is C14H21F3N2O. The third-order valence-electron chi connectivity index (χ3n) is 5.13. The van der Waals surface area contributed by atoms with Crippen molar-refractivity contribution in [3.8, 4) is 0 Å². The number of nitrogens with one attached hydrogen (secondary N) is 1. The lowest BCUT2D eigenvalue weighted by Gasteiger charge is -2.36. The second-order valence-corrected chi connectivity index (χ2v) is 6.83. The van der Waals surface area contributed by atoms with Crippen LogP contribution in [0.25, 0.3) is 0 Å². The minimum atomic E-state index is -4.33. The maximum atomic E-state index is 13.4. The molecule has 1 N–H and O–H groups in total. The Hall–Kier alpha value is -0.780. The van der Waals surface area contributed by atoms with Gasteiger partial charge in [-0.2, -0.15) is 13.2 Å². The van der Waals surface area contributed by atoms with Gasteiger partial charge in [-0.15, -0.1) is 0 Å². The molecule has 0 aromatic rings. The van der Waals surface area contributed by atoms with Crippen LogP contribution in [0.2, 0.25) is 0 Å². The van der Waals surface area contributed by atoms with Gasteiger partial charge < -0.3 is 4.90 Å². The summed E-state index contributed by atoms with van der Waals surface area (Å²) in [4.78, 5) is 13.9. The minimum Gasteiger partial charge on any atom is -0.310 e. The quantitative estimate of drug-likeness (QED) is 0.848. The van der Waals surface area contributed by atoms with Crippen LogP contribution in [-0.4, -0.2) is 34.2 Å². The predicted molar refractivity (Wildman–Crippen MR) is 67.8 cm³/mol. The fraction of sp³-hybridized carbons (Fsp3) is 0.929. The van der Waals surface area contributed by atoms with Crippen molar-refractivity contribution >= 4 is 5.91 Å². The number of rotatable bonds is 2. The highest BCUT2D eigenvalue weighted by Gasteiger charge is 2.72. The molecule has 1 amide bonds. The fourth-order valence-corrected chi connectivity index (χ4v) is 3.81. The molecular weight excluding hydrogens is 269 g/mol. The number of hydrogen-bond acceptors (Lipinski definition) is 2. The van der Waals surface area contributed by atoms with Crippen LogP contribution in [0.5, 0.6) is 0 Å². The average Bonchev–Trinajstić information content (AvgIpc) is 2.93. The number of halogens is 3. The van der Waals surface area contributed by atoms with E-state index >= 15 is 0 Å². The van der Waals surface area contributed by atoms with E-state index in [9.17, 15) is 18.0 Å². The molecule has 1 aliphatic heterocycles. The van der Waals surface area contributed by atoms with E-state index in [0.717, 1.165) is 17.7 Å². The standard InChI is InChI=1S/C14H21F3N2O/c1-9(2)10-18-12(5-3-4-6-12)11(20)19(10)13(7-8-13)14(15,16)17/h9-10,18H,3-8H2,1-2H3. The number of carbonyl (C=O) groups excluding carboxylic acids is 1. The summed E-state index contributed by atoms with van der Waals surface area (Å²) in [6.07, 6.45) is -1.58. The summed E-state index contributed by atoms with van der Waals surface area (Å²) < 4.78 is 40.2. The van der Waals surface area contributed by atoms with Gasteiger partial charge >= 0.3 is 6.18 Å². The molecule has 0 bridgehead atoms. The van der Waals surface area contributed by atoms with Crippen molar-refractivity contribution in [3.05, 3.63) is 0 Å². The molecule has 114 valence electrons. The Kier molecular flexibility index (Phi) is 2.92. The first kappa shape index (κ1) is 14.2. The van der Waals surface area contributed by atoms with E-state index in [4.69, 9.17) is 0 Å². The Balaban J connectivity index is 1.98. The topological polar surface area (TPSA) is 32.3 Å². The van der Waals surface area contributed by atoms with Crippen LogP contribution in [0.3, 0.4) is 0 Å². The molecule has 0 aromatic carbocycles. The second kappa shape index (κ2) is 4.12. The van der Waals surface area contributed by atoms with E-state index in [2.05, 4.69) is 5.32 Å². The molecule has 1 atom stereocenters. The van der Waals surface area contributed by atoms with Crippen molar-refractivity contribution in [2.45, 2.75) is 75.8 Å². The number of alkyl halides is 3. The molecule has 0 aromatic heterocycles. The van der Waals surface area contributed by atoms with E-state index in [1.54, 1.807) is 0 Å². The van der Waals surface area contributed by atoms with Gasteiger partial charge in [0.05, 0.1) is 11.7 Å². The molecule has 0 radical (unpaired) electrons. The molecule has 2 aliphatic carbocycles. The molecule has 6 heteroatoms. The van der Waals surface area contributed by atoms with E-state index in [1.807, 2.05) is 13.8 Å². The Morgan fingerprint density at radius 1 is 1.20 bits per heavy atom. The minimum absolute atomic E-state index is 0.0289. The van der Waals surface area contributed by atoms with Gasteiger partial charge in [0.2, 0.25) is 5.91 Å². The van der Waals surface area contributed by atoms with Crippen molar-refractivity contribution in [2.75, 3.05) is 0 Å². The Morgan fingerprint density at radius 3 is 2.15 bits per heavy atom. The molecule has 3 nitrogen and oxygen atoms in total. The normalized spacial score (nSPS) is 31.6. The van der Waals surface area contributed by atoms with Crippen molar-refractivity contribution in [3.63, 3.8) is 0 Å². The molecule has 1 spiro atoms. The van der Waals surface area contributed by atoms with Gasteiger partial charge in [0, 0.05) is 0 Å². The monoisotopic (exact) mass is 290 g/mol. The largest absolute Gasteiger partial charge is 0.411 e. The number of amides is 1. The van der Waals surface area contributed by atoms with Gasteiger partial charge in [-0.1, -0.05) is 26.7 Å². The first-order valence-electron chi connectivity index (χ1n) is 7.42. The Labute approximate surface area is 116 Å². The van der Waals surface area contributed by atoms with Gasteiger partial charge in [0.1, 0.15) is 5.54 Å². The molecule has 2 saturated carbocycles. The van der Waals surface area contributed by atoms with Crippen LogP contribution >= 0.6 is 0 Å². The highest BCUT2D eigenvalue weighted by atomic mass is 19.4. The highest BCUT2D eigenvalue weighted by Crippen LogP contribution is 2.57. The van der Waals surface area contributed by atoms with E-state index in [1.165, 1.54) is 0 Å². The summed E-state index contributed by atoms with van der Waals surface area (Å²) in [5.41, 5.74) is -2.63. The SMILES string of the molecule is CC(C)C1NC2(CCCC2)C(=O)N1C1(C(F)(F)F)CC1. The number of nitrogens with zero attached hydrogens (tertiary/aromatic N) is 1. The van der Waals surface area contributed by atoms with Crippen LogP contribution in [-0.2, 0) is 4.79 Å². The summed E-state index contributed by atoms with van der Waals surface area (Å²) in [5.74, 6) is -0.345. The third-order valence-corrected chi connectivity index (χ3v) is 5.13. The maximum absolute atomic E-state index is 13.4. The van der Waals surface area contributed by atoms with Crippen molar-refractivity contribution < 1.29 is 18.0 Å². The summed E-state index contributed by atoms with van der Waals surface area (Å²) in [6, 6.07) is 0. The molecule has 3 fully saturated rings. The van der Waals surface area contributed by atoms with Gasteiger partial charge in [-0.3, -0.25) is 10.1 Å². The highest BCUT2D eigenvalue weighted by molar-refractivity contribution is 5.90. The Bertz CT molecular complexity index is 423. The summed E-state index contributed by atoms with van der Waals surface area (Å²) in [6.45, 7) is 3.75. The van der Waals surface area contributed by atoms with Crippen molar-refractivity contribution in [1.82, 2.24) is 10.2 Å². The smallest absolute Gasteiger partial charge is 0.310 e. The zero-order chi connectivity index (χ0) is 14.8. The predicted octanol–water partition coefficient (Wildman–Crippen LogP) is 2.81. The second-order valence-electron chi connectivity index (χ2n) is 6.83. The summed E-state index contributed by atoms with van der Waals surface area (Å²) in [7, 11) is 0. The fourth-order valence-electron chi connectivity index (χ4n) is 3.81. The summed E-state index contributed by atoms with van der Waals surface area (Å²) >= 11 is 0. The van der Waals surface area contributed by atoms with Crippen LogP contribution in [0.1, 0.15) is 52.4 Å². The molecule has 1 heterocycles. The summed E-state index contributed by atoms with van der Waals surface area (Å²) in [5, 5.41) is 3.26. The van der Waals surface area contributed by atoms with Crippen LogP contribution in [0, 0.1) is 5.92 Å². The zero-order valence-corrected chi connectivity index (χ0v) is 11.9. The third kappa shape index (κ3) is 1.73. The lowest BCUT2D eigenvalue weighted by atomic mass is 9.97.